The molecule has 2 rings (SSSR count). The number of carbonyl (C=O) groups is 1. The number of nitrogen functional groups attached to an aromatic ring is 1. The molecule has 110 valence electrons. The Bertz CT molecular complexity index is 646. The van der Waals surface area contributed by atoms with Crippen molar-refractivity contribution < 1.29 is 4.79 Å². The van der Waals surface area contributed by atoms with Crippen molar-refractivity contribution in [3.63, 3.8) is 0 Å². The highest BCUT2D eigenvalue weighted by molar-refractivity contribution is 7.99. The summed E-state index contributed by atoms with van der Waals surface area (Å²) in [6, 6.07) is 13.1. The Morgan fingerprint density at radius 1 is 1.29 bits per heavy atom. The summed E-state index contributed by atoms with van der Waals surface area (Å²) in [5.41, 5.74) is 8.47. The van der Waals surface area contributed by atoms with E-state index in [1.807, 2.05) is 37.3 Å². The summed E-state index contributed by atoms with van der Waals surface area (Å²) in [6.45, 7) is 2.00. The minimum absolute atomic E-state index is 0.0544. The zero-order valence-corrected chi connectivity index (χ0v) is 13.3. The number of hydrogen-bond acceptors (Lipinski definition) is 3. The normalized spacial score (nSPS) is 10.4. The first-order chi connectivity index (χ1) is 10.1. The van der Waals surface area contributed by atoms with Crippen molar-refractivity contribution in [2.24, 2.45) is 0 Å². The van der Waals surface area contributed by atoms with Crippen molar-refractivity contribution in [3.8, 4) is 0 Å². The van der Waals surface area contributed by atoms with Crippen molar-refractivity contribution in [2.75, 3.05) is 16.8 Å². The van der Waals surface area contributed by atoms with E-state index >= 15 is 0 Å². The molecular formula is C16H17ClN2OS. The first-order valence-corrected chi connectivity index (χ1v) is 7.96. The molecule has 1 amide bonds. The van der Waals surface area contributed by atoms with Gasteiger partial charge in [-0.1, -0.05) is 29.8 Å². The van der Waals surface area contributed by atoms with Crippen LogP contribution >= 0.6 is 23.4 Å². The second-order valence-corrected chi connectivity index (χ2v) is 6.21. The Morgan fingerprint density at radius 2 is 2.05 bits per heavy atom. The predicted molar refractivity (Wildman–Crippen MR) is 91.0 cm³/mol. The Morgan fingerprint density at radius 3 is 2.76 bits per heavy atom. The number of amides is 1. The van der Waals surface area contributed by atoms with Gasteiger partial charge in [0.15, 0.2) is 0 Å². The molecule has 21 heavy (non-hydrogen) atoms. The quantitative estimate of drug-likeness (QED) is 0.636. The van der Waals surface area contributed by atoms with Crippen molar-refractivity contribution in [1.82, 2.24) is 0 Å². The second kappa shape index (κ2) is 7.38. The second-order valence-electron chi connectivity index (χ2n) is 4.67. The molecule has 0 aromatic heterocycles. The number of halogens is 1. The summed E-state index contributed by atoms with van der Waals surface area (Å²) in [6.07, 6.45) is 0.406. The topological polar surface area (TPSA) is 55.1 Å². The smallest absolute Gasteiger partial charge is 0.225 e. The maximum Gasteiger partial charge on any atom is 0.225 e. The van der Waals surface area contributed by atoms with E-state index in [4.69, 9.17) is 17.3 Å². The van der Waals surface area contributed by atoms with Crippen LogP contribution in [0.5, 0.6) is 0 Å². The Labute approximate surface area is 133 Å². The fraction of sp³-hybridized carbons (Fsp3) is 0.188. The molecule has 3 N–H and O–H groups in total. The van der Waals surface area contributed by atoms with Crippen LogP contribution < -0.4 is 11.1 Å². The third kappa shape index (κ3) is 4.69. The van der Waals surface area contributed by atoms with Gasteiger partial charge in [0, 0.05) is 22.8 Å². The molecule has 2 aromatic rings. The zero-order chi connectivity index (χ0) is 15.2. The summed E-state index contributed by atoms with van der Waals surface area (Å²) in [7, 11) is 0. The number of carbonyl (C=O) groups excluding carboxylic acids is 1. The van der Waals surface area contributed by atoms with Crippen LogP contribution in [0.3, 0.4) is 0 Å². The van der Waals surface area contributed by atoms with Gasteiger partial charge in [-0.05, 0) is 36.8 Å². The molecule has 0 heterocycles. The first kappa shape index (κ1) is 15.7. The third-order valence-electron chi connectivity index (χ3n) is 2.90. The maximum atomic E-state index is 11.9. The fourth-order valence-corrected chi connectivity index (χ4v) is 2.91. The lowest BCUT2D eigenvalue weighted by atomic mass is 10.2. The third-order valence-corrected chi connectivity index (χ3v) is 4.32. The zero-order valence-electron chi connectivity index (χ0n) is 11.7. The molecule has 0 spiro atoms. The predicted octanol–water partition coefficient (Wildman–Crippen LogP) is 4.35. The van der Waals surface area contributed by atoms with Gasteiger partial charge in [-0.2, -0.15) is 0 Å². The average Bonchev–Trinajstić information content (AvgIpc) is 2.44. The number of nitrogens with two attached hydrogens (primary N) is 1. The molecule has 5 heteroatoms. The minimum Gasteiger partial charge on any atom is -0.398 e. The van der Waals surface area contributed by atoms with Gasteiger partial charge in [-0.3, -0.25) is 4.79 Å². The van der Waals surface area contributed by atoms with Crippen LogP contribution in [-0.2, 0) is 4.79 Å². The summed E-state index contributed by atoms with van der Waals surface area (Å²) in [5.74, 6) is 0.616. The van der Waals surface area contributed by atoms with Crippen LogP contribution in [0.15, 0.2) is 47.4 Å². The van der Waals surface area contributed by atoms with Gasteiger partial charge in [0.05, 0.1) is 10.7 Å². The van der Waals surface area contributed by atoms with Crippen LogP contribution in [0, 0.1) is 6.92 Å². The van der Waals surface area contributed by atoms with E-state index in [2.05, 4.69) is 5.32 Å². The van der Waals surface area contributed by atoms with Crippen molar-refractivity contribution in [1.29, 1.82) is 0 Å². The lowest BCUT2D eigenvalue weighted by Gasteiger charge is -2.08. The summed E-state index contributed by atoms with van der Waals surface area (Å²) in [5, 5.41) is 3.35. The van der Waals surface area contributed by atoms with E-state index in [0.29, 0.717) is 22.9 Å². The lowest BCUT2D eigenvalue weighted by Crippen LogP contribution is -2.12. The van der Waals surface area contributed by atoms with Gasteiger partial charge in [-0.15, -0.1) is 11.8 Å². The van der Waals surface area contributed by atoms with E-state index in [0.717, 1.165) is 16.1 Å². The molecule has 0 saturated carbocycles. The molecule has 0 aliphatic rings. The standard InChI is InChI=1S/C16H17ClN2OS/c1-11-6-7-15(13(18)10-11)21-9-8-16(20)19-14-5-3-2-4-12(14)17/h2-7,10H,8-9,18H2,1H3,(H,19,20). The molecule has 0 aliphatic carbocycles. The van der Waals surface area contributed by atoms with Crippen LogP contribution in [0.1, 0.15) is 12.0 Å². The van der Waals surface area contributed by atoms with Crippen molar-refractivity contribution in [2.45, 2.75) is 18.2 Å². The number of hydrogen-bond donors (Lipinski definition) is 2. The molecule has 0 saturated heterocycles. The first-order valence-electron chi connectivity index (χ1n) is 6.59. The average molecular weight is 321 g/mol. The lowest BCUT2D eigenvalue weighted by molar-refractivity contribution is -0.115. The number of rotatable bonds is 5. The van der Waals surface area contributed by atoms with Crippen LogP contribution in [0.2, 0.25) is 5.02 Å². The number of para-hydroxylation sites is 1. The fourth-order valence-electron chi connectivity index (χ4n) is 1.83. The summed E-state index contributed by atoms with van der Waals surface area (Å²) in [4.78, 5) is 12.9. The van der Waals surface area contributed by atoms with E-state index in [1.165, 1.54) is 0 Å². The van der Waals surface area contributed by atoms with Gasteiger partial charge in [0.2, 0.25) is 5.91 Å². The molecule has 0 radical (unpaired) electrons. The van der Waals surface area contributed by atoms with Crippen LogP contribution in [-0.4, -0.2) is 11.7 Å². The molecule has 0 unspecified atom stereocenters. The molecule has 3 nitrogen and oxygen atoms in total. The van der Waals surface area contributed by atoms with E-state index < -0.39 is 0 Å². The Hall–Kier alpha value is -1.65. The number of aryl methyl sites for hydroxylation is 1. The molecule has 0 bridgehead atoms. The molecule has 0 atom stereocenters. The van der Waals surface area contributed by atoms with Gasteiger partial charge in [-0.25, -0.2) is 0 Å². The highest BCUT2D eigenvalue weighted by Gasteiger charge is 2.06. The largest absolute Gasteiger partial charge is 0.398 e. The summed E-state index contributed by atoms with van der Waals surface area (Å²) < 4.78 is 0. The monoisotopic (exact) mass is 320 g/mol. The molecule has 0 aliphatic heterocycles. The summed E-state index contributed by atoms with van der Waals surface area (Å²) >= 11 is 7.58. The van der Waals surface area contributed by atoms with E-state index in [9.17, 15) is 4.79 Å². The van der Waals surface area contributed by atoms with Crippen molar-refractivity contribution in [3.05, 3.63) is 53.1 Å². The van der Waals surface area contributed by atoms with Crippen LogP contribution in [0.25, 0.3) is 0 Å². The van der Waals surface area contributed by atoms with Gasteiger partial charge in [0.1, 0.15) is 0 Å². The maximum absolute atomic E-state index is 11.9. The van der Waals surface area contributed by atoms with Crippen molar-refractivity contribution >= 4 is 40.6 Å². The van der Waals surface area contributed by atoms with Gasteiger partial charge in [0.25, 0.3) is 0 Å². The highest BCUT2D eigenvalue weighted by Crippen LogP contribution is 2.26. The SMILES string of the molecule is Cc1ccc(SCCC(=O)Nc2ccccc2Cl)c(N)c1. The van der Waals surface area contributed by atoms with Crippen LogP contribution in [0.4, 0.5) is 11.4 Å². The van der Waals surface area contributed by atoms with Gasteiger partial charge >= 0.3 is 0 Å². The highest BCUT2D eigenvalue weighted by atomic mass is 35.5. The number of anilines is 2. The molecule has 2 aromatic carbocycles. The van der Waals surface area contributed by atoms with E-state index in [-0.39, 0.29) is 5.91 Å². The minimum atomic E-state index is -0.0544. The van der Waals surface area contributed by atoms with E-state index in [1.54, 1.807) is 23.9 Å². The Balaban J connectivity index is 1.83. The Kier molecular flexibility index (Phi) is 5.53. The number of benzene rings is 2. The van der Waals surface area contributed by atoms with Gasteiger partial charge < -0.3 is 11.1 Å². The molecular weight excluding hydrogens is 304 g/mol. The molecule has 0 fully saturated rings. The number of nitrogens with one attached hydrogen (secondary N) is 1. The number of thioether (sulfide) groups is 1.